The molecule has 1 aromatic rings. The van der Waals surface area contributed by atoms with Crippen LogP contribution in [0.25, 0.3) is 0 Å². The van der Waals surface area contributed by atoms with Gasteiger partial charge in [0.05, 0.1) is 0 Å². The summed E-state index contributed by atoms with van der Waals surface area (Å²) < 4.78 is 0. The molecule has 66 valence electrons. The van der Waals surface area contributed by atoms with E-state index < -0.39 is 0 Å². The number of aryl methyl sites for hydroxylation is 1. The molecule has 6 heteroatoms. The minimum Gasteiger partial charge on any atom is -0.328 e. The monoisotopic (exact) mass is 169 g/mol. The summed E-state index contributed by atoms with van der Waals surface area (Å²) in [4.78, 5) is 13.6. The van der Waals surface area contributed by atoms with Gasteiger partial charge < -0.3 is 4.90 Å². The highest BCUT2D eigenvalue weighted by atomic mass is 16.2. The molecule has 0 N–H and O–H groups in total. The van der Waals surface area contributed by atoms with Gasteiger partial charge in [0.25, 0.3) is 0 Å². The first-order chi connectivity index (χ1) is 5.65. The fourth-order valence-electron chi connectivity index (χ4n) is 0.645. The van der Waals surface area contributed by atoms with Crippen LogP contribution in [-0.4, -0.2) is 45.2 Å². The number of hydrogen-bond acceptors (Lipinski definition) is 4. The zero-order chi connectivity index (χ0) is 9.14. The van der Waals surface area contributed by atoms with Crippen molar-refractivity contribution in [2.75, 3.05) is 14.1 Å². The van der Waals surface area contributed by atoms with Gasteiger partial charge in [-0.2, -0.15) is 0 Å². The van der Waals surface area contributed by atoms with Crippen LogP contribution in [0.3, 0.4) is 0 Å². The van der Waals surface area contributed by atoms with Gasteiger partial charge in [0.1, 0.15) is 0 Å². The van der Waals surface area contributed by atoms with Gasteiger partial charge in [-0.05, 0) is 5.21 Å². The highest BCUT2D eigenvalue weighted by Crippen LogP contribution is 1.89. The Hall–Kier alpha value is -1.46. The lowest BCUT2D eigenvalue weighted by Crippen LogP contribution is -2.29. The highest BCUT2D eigenvalue weighted by Gasteiger charge is 2.10. The Kier molecular flexibility index (Phi) is 2.37. The number of tetrazole rings is 1. The molecule has 0 saturated heterocycles. The van der Waals surface area contributed by atoms with Gasteiger partial charge in [-0.25, -0.2) is 4.79 Å². The molecule has 1 rings (SSSR count). The smallest absolute Gasteiger partial charge is 0.328 e. The van der Waals surface area contributed by atoms with Crippen molar-refractivity contribution in [1.29, 1.82) is 0 Å². The standard InChI is InChI=1S/C6H11N5O/c1-4-5-7-9-11(8-5)6(12)10(2)3/h4H2,1-3H3. The maximum absolute atomic E-state index is 11.2. The summed E-state index contributed by atoms with van der Waals surface area (Å²) >= 11 is 0. The van der Waals surface area contributed by atoms with Gasteiger partial charge in [-0.3, -0.25) is 0 Å². The summed E-state index contributed by atoms with van der Waals surface area (Å²) in [6.45, 7) is 1.90. The summed E-state index contributed by atoms with van der Waals surface area (Å²) in [6.07, 6.45) is 0.681. The van der Waals surface area contributed by atoms with Crippen molar-refractivity contribution in [2.24, 2.45) is 0 Å². The third kappa shape index (κ3) is 1.58. The Morgan fingerprint density at radius 3 is 2.67 bits per heavy atom. The molecule has 0 aliphatic rings. The molecule has 0 bridgehead atoms. The van der Waals surface area contributed by atoms with Gasteiger partial charge in [-0.1, -0.05) is 11.7 Å². The molecule has 0 unspecified atom stereocenters. The van der Waals surface area contributed by atoms with E-state index in [4.69, 9.17) is 0 Å². The Bertz CT molecular complexity index is 279. The van der Waals surface area contributed by atoms with Gasteiger partial charge in [-0.15, -0.1) is 10.2 Å². The second kappa shape index (κ2) is 3.29. The third-order valence-corrected chi connectivity index (χ3v) is 1.32. The van der Waals surface area contributed by atoms with Crippen LogP contribution in [0.2, 0.25) is 0 Å². The number of amides is 1. The van der Waals surface area contributed by atoms with Crippen LogP contribution in [0.4, 0.5) is 4.79 Å². The average Bonchev–Trinajstić information content (AvgIpc) is 2.50. The molecule has 0 fully saturated rings. The molecule has 12 heavy (non-hydrogen) atoms. The zero-order valence-electron chi connectivity index (χ0n) is 7.35. The average molecular weight is 169 g/mol. The summed E-state index contributed by atoms with van der Waals surface area (Å²) in [5, 5.41) is 11.1. The Morgan fingerprint density at radius 2 is 2.25 bits per heavy atom. The first kappa shape index (κ1) is 8.63. The van der Waals surface area contributed by atoms with Crippen LogP contribution >= 0.6 is 0 Å². The van der Waals surface area contributed by atoms with E-state index in [1.165, 1.54) is 4.90 Å². The summed E-state index contributed by atoms with van der Waals surface area (Å²) in [6, 6.07) is -0.290. The largest absolute Gasteiger partial charge is 0.362 e. The number of nitrogens with zero attached hydrogens (tertiary/aromatic N) is 5. The van der Waals surface area contributed by atoms with E-state index in [0.717, 1.165) is 4.80 Å². The predicted molar refractivity (Wildman–Crippen MR) is 41.7 cm³/mol. The summed E-state index contributed by atoms with van der Waals surface area (Å²) in [5.41, 5.74) is 0. The molecule has 0 atom stereocenters. The highest BCUT2D eigenvalue weighted by molar-refractivity contribution is 5.73. The molecule has 1 heterocycles. The Labute approximate surface area is 70.2 Å². The molecular weight excluding hydrogens is 158 g/mol. The quantitative estimate of drug-likeness (QED) is 0.582. The molecule has 0 aliphatic heterocycles. The molecule has 0 aliphatic carbocycles. The molecular formula is C6H11N5O. The molecule has 0 spiro atoms. The van der Waals surface area contributed by atoms with Crippen LogP contribution in [0.15, 0.2) is 0 Å². The zero-order valence-corrected chi connectivity index (χ0v) is 7.35. The topological polar surface area (TPSA) is 63.9 Å². The van der Waals surface area contributed by atoms with E-state index in [1.807, 2.05) is 6.92 Å². The number of carbonyl (C=O) groups is 1. The van der Waals surface area contributed by atoms with E-state index in [9.17, 15) is 4.79 Å². The van der Waals surface area contributed by atoms with Crippen LogP contribution in [-0.2, 0) is 6.42 Å². The van der Waals surface area contributed by atoms with E-state index in [0.29, 0.717) is 12.2 Å². The first-order valence-corrected chi connectivity index (χ1v) is 3.65. The normalized spacial score (nSPS) is 9.92. The molecule has 1 aromatic heterocycles. The molecule has 1 amide bonds. The fourth-order valence-corrected chi connectivity index (χ4v) is 0.645. The minimum absolute atomic E-state index is 0.290. The van der Waals surface area contributed by atoms with E-state index in [1.54, 1.807) is 14.1 Å². The molecule has 0 saturated carbocycles. The lowest BCUT2D eigenvalue weighted by Gasteiger charge is -2.06. The SMILES string of the molecule is CCc1nnn(C(=O)N(C)C)n1. The predicted octanol–water partition coefficient (Wildman–Crippen LogP) is -0.235. The summed E-state index contributed by atoms with van der Waals surface area (Å²) in [5.74, 6) is 0.574. The van der Waals surface area contributed by atoms with Gasteiger partial charge >= 0.3 is 6.03 Å². The molecule has 0 radical (unpaired) electrons. The maximum Gasteiger partial charge on any atom is 0.362 e. The van der Waals surface area contributed by atoms with Crippen LogP contribution in [0, 0.1) is 0 Å². The van der Waals surface area contributed by atoms with Crippen LogP contribution in [0.5, 0.6) is 0 Å². The number of hydrogen-bond donors (Lipinski definition) is 0. The second-order valence-electron chi connectivity index (χ2n) is 2.53. The first-order valence-electron chi connectivity index (χ1n) is 3.65. The second-order valence-corrected chi connectivity index (χ2v) is 2.53. The lowest BCUT2D eigenvalue weighted by molar-refractivity contribution is 0.211. The van der Waals surface area contributed by atoms with E-state index in [-0.39, 0.29) is 6.03 Å². The molecule has 6 nitrogen and oxygen atoms in total. The third-order valence-electron chi connectivity index (χ3n) is 1.32. The van der Waals surface area contributed by atoms with Gasteiger partial charge in [0, 0.05) is 20.5 Å². The van der Waals surface area contributed by atoms with Crippen molar-refractivity contribution in [2.45, 2.75) is 13.3 Å². The maximum atomic E-state index is 11.2. The van der Waals surface area contributed by atoms with Crippen LogP contribution in [0.1, 0.15) is 12.7 Å². The van der Waals surface area contributed by atoms with Crippen molar-refractivity contribution in [3.8, 4) is 0 Å². The van der Waals surface area contributed by atoms with Crippen molar-refractivity contribution < 1.29 is 4.79 Å². The number of aromatic nitrogens is 4. The number of rotatable bonds is 1. The fraction of sp³-hybridized carbons (Fsp3) is 0.667. The van der Waals surface area contributed by atoms with Gasteiger partial charge in [0.2, 0.25) is 0 Å². The Morgan fingerprint density at radius 1 is 1.58 bits per heavy atom. The Balaban J connectivity index is 2.82. The van der Waals surface area contributed by atoms with Crippen molar-refractivity contribution in [1.82, 2.24) is 25.1 Å². The van der Waals surface area contributed by atoms with Crippen molar-refractivity contribution in [3.63, 3.8) is 0 Å². The van der Waals surface area contributed by atoms with Crippen LogP contribution < -0.4 is 0 Å². The number of carbonyl (C=O) groups excluding carboxylic acids is 1. The van der Waals surface area contributed by atoms with E-state index in [2.05, 4.69) is 15.4 Å². The van der Waals surface area contributed by atoms with E-state index >= 15 is 0 Å². The van der Waals surface area contributed by atoms with Crippen molar-refractivity contribution >= 4 is 6.03 Å². The van der Waals surface area contributed by atoms with Gasteiger partial charge in [0.15, 0.2) is 5.82 Å². The minimum atomic E-state index is -0.290. The van der Waals surface area contributed by atoms with Crippen molar-refractivity contribution in [3.05, 3.63) is 5.82 Å². The molecule has 0 aromatic carbocycles. The summed E-state index contributed by atoms with van der Waals surface area (Å²) in [7, 11) is 3.27. The lowest BCUT2D eigenvalue weighted by atomic mass is 10.5.